The van der Waals surface area contributed by atoms with E-state index in [2.05, 4.69) is 18.7 Å². The van der Waals surface area contributed by atoms with Crippen LogP contribution in [0.2, 0.25) is 0 Å². The van der Waals surface area contributed by atoms with Crippen molar-refractivity contribution in [1.82, 2.24) is 0 Å². The predicted octanol–water partition coefficient (Wildman–Crippen LogP) is 5.78. The zero-order valence-corrected chi connectivity index (χ0v) is 21.4. The van der Waals surface area contributed by atoms with E-state index < -0.39 is 17.7 Å². The minimum atomic E-state index is -0.776. The van der Waals surface area contributed by atoms with E-state index in [1.165, 1.54) is 12.0 Å². The van der Waals surface area contributed by atoms with E-state index in [0.717, 1.165) is 35.5 Å². The molecule has 0 aliphatic carbocycles. The van der Waals surface area contributed by atoms with E-state index in [1.54, 1.807) is 24.3 Å². The molecule has 36 heavy (non-hydrogen) atoms. The Kier molecular flexibility index (Phi) is 7.15. The maximum absolute atomic E-state index is 13.5. The van der Waals surface area contributed by atoms with Crippen molar-refractivity contribution in [1.29, 1.82) is 0 Å². The Morgan fingerprint density at radius 1 is 0.972 bits per heavy atom. The zero-order chi connectivity index (χ0) is 26.0. The number of nitrogens with zero attached hydrogens (tertiary/aromatic N) is 2. The molecule has 0 aromatic heterocycles. The molecule has 1 amide bonds. The maximum Gasteiger partial charge on any atom is 0.300 e. The van der Waals surface area contributed by atoms with Crippen LogP contribution >= 0.6 is 0 Å². The number of ether oxygens (including phenoxy) is 1. The second kappa shape index (κ2) is 10.3. The molecule has 4 rings (SSSR count). The van der Waals surface area contributed by atoms with Gasteiger partial charge >= 0.3 is 0 Å². The van der Waals surface area contributed by atoms with Gasteiger partial charge in [0.2, 0.25) is 0 Å². The van der Waals surface area contributed by atoms with Gasteiger partial charge in [-0.2, -0.15) is 0 Å². The van der Waals surface area contributed by atoms with E-state index in [4.69, 9.17) is 4.74 Å². The highest BCUT2D eigenvalue weighted by molar-refractivity contribution is 6.51. The monoisotopic (exact) mass is 484 g/mol. The molecule has 186 valence electrons. The van der Waals surface area contributed by atoms with Crippen molar-refractivity contribution in [2.24, 2.45) is 0 Å². The van der Waals surface area contributed by atoms with Crippen LogP contribution in [0.3, 0.4) is 0 Å². The summed E-state index contributed by atoms with van der Waals surface area (Å²) >= 11 is 0. The first kappa shape index (κ1) is 25.0. The van der Waals surface area contributed by atoms with Gasteiger partial charge in [0.05, 0.1) is 18.7 Å². The molecule has 3 aromatic carbocycles. The lowest BCUT2D eigenvalue weighted by atomic mass is 9.94. The molecule has 1 fully saturated rings. The van der Waals surface area contributed by atoms with Crippen LogP contribution in [-0.2, 0) is 9.59 Å². The largest absolute Gasteiger partial charge is 0.507 e. The summed E-state index contributed by atoms with van der Waals surface area (Å²) in [5.74, 6) is -1.05. The first-order valence-corrected chi connectivity index (χ1v) is 12.2. The molecule has 6 nitrogen and oxygen atoms in total. The number of amides is 1. The Hall–Kier alpha value is -4.06. The van der Waals surface area contributed by atoms with Gasteiger partial charge < -0.3 is 14.7 Å². The van der Waals surface area contributed by atoms with Gasteiger partial charge in [-0.1, -0.05) is 36.4 Å². The number of hydrogen-bond donors (Lipinski definition) is 1. The third-order valence-electron chi connectivity index (χ3n) is 6.96. The zero-order valence-electron chi connectivity index (χ0n) is 21.4. The molecule has 0 saturated carbocycles. The van der Waals surface area contributed by atoms with Gasteiger partial charge in [0.1, 0.15) is 11.5 Å². The average molecular weight is 485 g/mol. The molecule has 6 heteroatoms. The molecule has 0 bridgehead atoms. The fourth-order valence-electron chi connectivity index (χ4n) is 4.78. The number of ketones is 1. The van der Waals surface area contributed by atoms with Crippen molar-refractivity contribution in [2.45, 2.75) is 33.7 Å². The van der Waals surface area contributed by atoms with E-state index >= 15 is 0 Å². The minimum absolute atomic E-state index is 0.0600. The number of Topliss-reactive ketones (excluding diaryl/α,β-unsaturated/α-hetero) is 1. The molecule has 3 aromatic rings. The molecule has 1 N–H and O–H groups in total. The van der Waals surface area contributed by atoms with E-state index in [9.17, 15) is 14.7 Å². The molecule has 0 radical (unpaired) electrons. The first-order valence-electron chi connectivity index (χ1n) is 12.2. The topological polar surface area (TPSA) is 70.1 Å². The number of methoxy groups -OCH3 is 1. The van der Waals surface area contributed by atoms with Gasteiger partial charge in [-0.05, 0) is 74.7 Å². The van der Waals surface area contributed by atoms with Gasteiger partial charge in [-0.15, -0.1) is 0 Å². The third kappa shape index (κ3) is 4.35. The Morgan fingerprint density at radius 2 is 1.64 bits per heavy atom. The first-order chi connectivity index (χ1) is 17.3. The minimum Gasteiger partial charge on any atom is -0.507 e. The Balaban J connectivity index is 1.94. The van der Waals surface area contributed by atoms with Crippen LogP contribution in [0.1, 0.15) is 42.1 Å². The van der Waals surface area contributed by atoms with Gasteiger partial charge in [0, 0.05) is 30.0 Å². The summed E-state index contributed by atoms with van der Waals surface area (Å²) in [6, 6.07) is 19.6. The third-order valence-corrected chi connectivity index (χ3v) is 6.96. The Bertz CT molecular complexity index is 1320. The molecular formula is C30H32N2O4. The van der Waals surface area contributed by atoms with Crippen LogP contribution in [0.5, 0.6) is 5.75 Å². The summed E-state index contributed by atoms with van der Waals surface area (Å²) in [5, 5.41) is 11.4. The summed E-state index contributed by atoms with van der Waals surface area (Å²) in [7, 11) is 1.54. The molecule has 1 aliphatic rings. The molecule has 1 saturated heterocycles. The molecule has 0 spiro atoms. The lowest BCUT2D eigenvalue weighted by Crippen LogP contribution is -2.30. The summed E-state index contributed by atoms with van der Waals surface area (Å²) in [6.07, 6.45) is 0. The van der Waals surface area contributed by atoms with Crippen molar-refractivity contribution in [3.63, 3.8) is 0 Å². The summed E-state index contributed by atoms with van der Waals surface area (Å²) in [5.41, 5.74) is 4.85. The van der Waals surface area contributed by atoms with Crippen LogP contribution < -0.4 is 14.5 Å². The number of benzene rings is 3. The lowest BCUT2D eigenvalue weighted by molar-refractivity contribution is -0.132. The molecule has 1 aliphatic heterocycles. The van der Waals surface area contributed by atoms with Crippen molar-refractivity contribution in [2.75, 3.05) is 30.0 Å². The molecular weight excluding hydrogens is 452 g/mol. The van der Waals surface area contributed by atoms with Crippen LogP contribution in [0.25, 0.3) is 5.76 Å². The van der Waals surface area contributed by atoms with Crippen molar-refractivity contribution >= 4 is 28.8 Å². The molecule has 1 atom stereocenters. The van der Waals surface area contributed by atoms with E-state index in [1.807, 2.05) is 56.3 Å². The fourth-order valence-corrected chi connectivity index (χ4v) is 4.78. The smallest absolute Gasteiger partial charge is 0.300 e. The quantitative estimate of drug-likeness (QED) is 0.261. The van der Waals surface area contributed by atoms with Crippen LogP contribution in [0.4, 0.5) is 11.4 Å². The highest BCUT2D eigenvalue weighted by Gasteiger charge is 2.47. The summed E-state index contributed by atoms with van der Waals surface area (Å²) in [4.78, 5) is 30.7. The fraction of sp³-hybridized carbons (Fsp3) is 0.267. The van der Waals surface area contributed by atoms with Crippen molar-refractivity contribution < 1.29 is 19.4 Å². The van der Waals surface area contributed by atoms with E-state index in [-0.39, 0.29) is 11.3 Å². The highest BCUT2D eigenvalue weighted by Crippen LogP contribution is 2.44. The normalized spacial score (nSPS) is 16.9. The van der Waals surface area contributed by atoms with Gasteiger partial charge in [-0.3, -0.25) is 14.5 Å². The second-order valence-electron chi connectivity index (χ2n) is 8.88. The van der Waals surface area contributed by atoms with Crippen LogP contribution in [0.15, 0.2) is 72.3 Å². The van der Waals surface area contributed by atoms with Crippen LogP contribution in [0, 0.1) is 13.8 Å². The number of aryl methyl sites for hydroxylation is 1. The number of anilines is 2. The summed E-state index contributed by atoms with van der Waals surface area (Å²) in [6.45, 7) is 9.84. The second-order valence-corrected chi connectivity index (χ2v) is 8.88. The number of hydrogen-bond acceptors (Lipinski definition) is 5. The summed E-state index contributed by atoms with van der Waals surface area (Å²) < 4.78 is 5.30. The maximum atomic E-state index is 13.5. The average Bonchev–Trinajstić information content (AvgIpc) is 3.16. The number of carbonyl (C=O) groups is 2. The van der Waals surface area contributed by atoms with Crippen molar-refractivity contribution in [3.05, 3.63) is 94.6 Å². The highest BCUT2D eigenvalue weighted by atomic mass is 16.5. The van der Waals surface area contributed by atoms with Gasteiger partial charge in [0.25, 0.3) is 11.7 Å². The number of aliphatic hydroxyl groups is 1. The van der Waals surface area contributed by atoms with E-state index in [0.29, 0.717) is 17.0 Å². The number of carbonyl (C=O) groups excluding carboxylic acids is 2. The van der Waals surface area contributed by atoms with Crippen molar-refractivity contribution in [3.8, 4) is 5.75 Å². The molecule has 1 unspecified atom stereocenters. The Morgan fingerprint density at radius 3 is 2.28 bits per heavy atom. The van der Waals surface area contributed by atoms with Crippen LogP contribution in [-0.4, -0.2) is 37.0 Å². The van der Waals surface area contributed by atoms with Gasteiger partial charge in [0.15, 0.2) is 0 Å². The molecule has 1 heterocycles. The standard InChI is InChI=1S/C30H32N2O4/c1-6-31(7-2)23-16-14-21(15-17-23)27-26(28(33)22-11-9-12-24(18-22)36-5)29(34)30(35)32(27)25-13-8-10-19(3)20(25)4/h8-18,27,33H,6-7H2,1-5H3/b28-26+. The van der Waals surface area contributed by atoms with Gasteiger partial charge in [-0.25, -0.2) is 0 Å². The predicted molar refractivity (Wildman–Crippen MR) is 144 cm³/mol. The SMILES string of the molecule is CCN(CC)c1ccc(C2/C(=C(\O)c3cccc(OC)c3)C(=O)C(=O)N2c2cccc(C)c2C)cc1. The lowest BCUT2D eigenvalue weighted by Gasteiger charge is -2.28. The number of aliphatic hydroxyl groups excluding tert-OH is 1. The number of rotatable bonds is 7. The Labute approximate surface area is 212 Å².